The predicted octanol–water partition coefficient (Wildman–Crippen LogP) is 6.45. The van der Waals surface area contributed by atoms with E-state index in [2.05, 4.69) is 61.5 Å². The Labute approximate surface area is 192 Å². The monoisotopic (exact) mass is 435 g/mol. The molecule has 0 spiro atoms. The van der Waals surface area contributed by atoms with E-state index in [-0.39, 0.29) is 18.1 Å². The fraction of sp³-hybridized carbons (Fsp3) is 0.481. The molecule has 2 heterocycles. The minimum atomic E-state index is -0.338. The summed E-state index contributed by atoms with van der Waals surface area (Å²) in [5, 5.41) is 4.00. The second-order valence-electron chi connectivity index (χ2n) is 8.84. The molecule has 172 valence electrons. The van der Waals surface area contributed by atoms with Crippen LogP contribution in [0.4, 0.5) is 4.79 Å². The number of H-pyrrole nitrogens is 1. The Morgan fingerprint density at radius 2 is 1.84 bits per heavy atom. The average molecular weight is 436 g/mol. The Balaban J connectivity index is 1.88. The molecule has 3 aromatic rings. The van der Waals surface area contributed by atoms with Crippen molar-refractivity contribution in [1.82, 2.24) is 15.3 Å². The van der Waals surface area contributed by atoms with Crippen LogP contribution >= 0.6 is 0 Å². The van der Waals surface area contributed by atoms with E-state index in [0.29, 0.717) is 6.61 Å². The number of pyridine rings is 1. The molecule has 0 aliphatic carbocycles. The number of benzene rings is 1. The maximum Gasteiger partial charge on any atom is 0.407 e. The highest BCUT2D eigenvalue weighted by Crippen LogP contribution is 2.31. The number of aryl methyl sites for hydroxylation is 2. The summed E-state index contributed by atoms with van der Waals surface area (Å²) in [4.78, 5) is 20.1. The zero-order chi connectivity index (χ0) is 23.1. The molecule has 1 atom stereocenters. The summed E-state index contributed by atoms with van der Waals surface area (Å²) >= 11 is 0. The first-order valence-electron chi connectivity index (χ1n) is 12.0. The molecule has 2 N–H and O–H groups in total. The number of ether oxygens (including phenoxy) is 1. The normalized spacial score (nSPS) is 12.3. The Kier molecular flexibility index (Phi) is 8.32. The molecule has 0 aliphatic rings. The Hall–Kier alpha value is -2.82. The standard InChI is InChI=1S/C27H37N3O2/c1-6-10-19(17-32-27(31)30-18(4)5)13-22-15-28-25-16-29-24(14-23(22)25)26-20(7-2)11-9-12-21(26)8-3/h9,11-12,14-16,18-19,28H,6-8,10,13,17H2,1-5H3,(H,30,31). The molecule has 1 unspecified atom stereocenters. The second-order valence-corrected chi connectivity index (χ2v) is 8.84. The lowest BCUT2D eigenvalue weighted by molar-refractivity contribution is 0.122. The quantitative estimate of drug-likeness (QED) is 0.385. The van der Waals surface area contributed by atoms with Gasteiger partial charge in [-0.2, -0.15) is 0 Å². The van der Waals surface area contributed by atoms with E-state index in [0.717, 1.165) is 43.3 Å². The molecular weight excluding hydrogens is 398 g/mol. The highest BCUT2D eigenvalue weighted by atomic mass is 16.5. The summed E-state index contributed by atoms with van der Waals surface area (Å²) in [6, 6.07) is 8.85. The van der Waals surface area contributed by atoms with Crippen LogP contribution in [0.2, 0.25) is 0 Å². The third-order valence-electron chi connectivity index (χ3n) is 5.97. The molecule has 0 fully saturated rings. The van der Waals surface area contributed by atoms with Crippen molar-refractivity contribution in [2.24, 2.45) is 5.92 Å². The van der Waals surface area contributed by atoms with Crippen molar-refractivity contribution < 1.29 is 9.53 Å². The lowest BCUT2D eigenvalue weighted by Gasteiger charge is -2.17. The molecule has 32 heavy (non-hydrogen) atoms. The van der Waals surface area contributed by atoms with Gasteiger partial charge in [0.2, 0.25) is 0 Å². The number of alkyl carbamates (subject to hydrolysis) is 1. The van der Waals surface area contributed by atoms with Gasteiger partial charge < -0.3 is 15.0 Å². The number of rotatable bonds is 10. The third kappa shape index (κ3) is 5.70. The zero-order valence-electron chi connectivity index (χ0n) is 20.1. The van der Waals surface area contributed by atoms with Crippen molar-refractivity contribution in [3.05, 3.63) is 53.3 Å². The van der Waals surface area contributed by atoms with Crippen LogP contribution in [0, 0.1) is 5.92 Å². The Morgan fingerprint density at radius 1 is 1.12 bits per heavy atom. The number of fused-ring (bicyclic) bond motifs is 1. The van der Waals surface area contributed by atoms with E-state index in [1.54, 1.807) is 0 Å². The van der Waals surface area contributed by atoms with Crippen LogP contribution in [0.1, 0.15) is 64.2 Å². The van der Waals surface area contributed by atoms with Gasteiger partial charge in [-0.25, -0.2) is 4.79 Å². The number of carbonyl (C=O) groups is 1. The van der Waals surface area contributed by atoms with Gasteiger partial charge in [0.05, 0.1) is 24.0 Å². The van der Waals surface area contributed by atoms with Gasteiger partial charge in [0.25, 0.3) is 0 Å². The van der Waals surface area contributed by atoms with Gasteiger partial charge in [0.15, 0.2) is 0 Å². The van der Waals surface area contributed by atoms with Crippen LogP contribution in [-0.4, -0.2) is 28.7 Å². The number of amides is 1. The van der Waals surface area contributed by atoms with Crippen LogP contribution in [0.25, 0.3) is 22.2 Å². The van der Waals surface area contributed by atoms with Gasteiger partial charge in [0, 0.05) is 23.2 Å². The van der Waals surface area contributed by atoms with Gasteiger partial charge in [-0.1, -0.05) is 45.4 Å². The average Bonchev–Trinajstić information content (AvgIpc) is 3.18. The summed E-state index contributed by atoms with van der Waals surface area (Å²) in [5.41, 5.74) is 7.27. The largest absolute Gasteiger partial charge is 0.449 e. The van der Waals surface area contributed by atoms with Crippen molar-refractivity contribution in [3.8, 4) is 11.3 Å². The van der Waals surface area contributed by atoms with Crippen molar-refractivity contribution >= 4 is 17.0 Å². The summed E-state index contributed by atoms with van der Waals surface area (Å²) in [5.74, 6) is 0.280. The number of nitrogens with zero attached hydrogens (tertiary/aromatic N) is 1. The summed E-state index contributed by atoms with van der Waals surface area (Å²) in [7, 11) is 0. The van der Waals surface area contributed by atoms with E-state index in [1.807, 2.05) is 20.0 Å². The molecule has 3 rings (SSSR count). The van der Waals surface area contributed by atoms with Crippen LogP contribution in [-0.2, 0) is 24.0 Å². The Morgan fingerprint density at radius 3 is 2.47 bits per heavy atom. The summed E-state index contributed by atoms with van der Waals surface area (Å²) in [6.45, 7) is 10.9. The van der Waals surface area contributed by atoms with Crippen LogP contribution < -0.4 is 5.32 Å². The lowest BCUT2D eigenvalue weighted by Crippen LogP contribution is -2.32. The molecule has 1 amide bonds. The molecule has 0 aliphatic heterocycles. The van der Waals surface area contributed by atoms with E-state index >= 15 is 0 Å². The fourth-order valence-electron chi connectivity index (χ4n) is 4.39. The van der Waals surface area contributed by atoms with Gasteiger partial charge in [0.1, 0.15) is 0 Å². The minimum absolute atomic E-state index is 0.0747. The number of hydrogen-bond acceptors (Lipinski definition) is 3. The smallest absolute Gasteiger partial charge is 0.407 e. The molecule has 0 saturated carbocycles. The van der Waals surface area contributed by atoms with Crippen molar-refractivity contribution in [1.29, 1.82) is 0 Å². The predicted molar refractivity (Wildman–Crippen MR) is 132 cm³/mol. The molecule has 0 saturated heterocycles. The van der Waals surface area contributed by atoms with Crippen molar-refractivity contribution in [2.45, 2.75) is 72.8 Å². The summed E-state index contributed by atoms with van der Waals surface area (Å²) in [6.07, 6.45) is 8.59. The van der Waals surface area contributed by atoms with Gasteiger partial charge in [-0.15, -0.1) is 0 Å². The topological polar surface area (TPSA) is 67.0 Å². The molecule has 5 heteroatoms. The number of hydrogen-bond donors (Lipinski definition) is 2. The molecule has 2 aromatic heterocycles. The number of aromatic nitrogens is 2. The Bertz CT molecular complexity index is 1020. The van der Waals surface area contributed by atoms with Crippen molar-refractivity contribution in [3.63, 3.8) is 0 Å². The van der Waals surface area contributed by atoms with Gasteiger partial charge in [-0.05, 0) is 68.2 Å². The number of nitrogens with one attached hydrogen (secondary N) is 2. The first-order valence-corrected chi connectivity index (χ1v) is 12.0. The van der Waals surface area contributed by atoms with Crippen LogP contribution in [0.15, 0.2) is 36.7 Å². The first-order chi connectivity index (χ1) is 15.5. The SMILES string of the molecule is CCCC(COC(=O)NC(C)C)Cc1c[nH]c2cnc(-c3c(CC)cccc3CC)cc12. The third-order valence-corrected chi connectivity index (χ3v) is 5.97. The number of aromatic amines is 1. The van der Waals surface area contributed by atoms with E-state index in [1.165, 1.54) is 27.6 Å². The van der Waals surface area contributed by atoms with E-state index in [4.69, 9.17) is 9.72 Å². The van der Waals surface area contributed by atoms with Crippen LogP contribution in [0.3, 0.4) is 0 Å². The number of carbonyl (C=O) groups excluding carboxylic acids is 1. The minimum Gasteiger partial charge on any atom is -0.449 e. The fourth-order valence-corrected chi connectivity index (χ4v) is 4.39. The summed E-state index contributed by atoms with van der Waals surface area (Å²) < 4.78 is 5.51. The molecule has 0 radical (unpaired) electrons. The maximum absolute atomic E-state index is 12.0. The molecule has 0 bridgehead atoms. The second kappa shape index (κ2) is 11.2. The van der Waals surface area contributed by atoms with E-state index < -0.39 is 0 Å². The van der Waals surface area contributed by atoms with E-state index in [9.17, 15) is 4.79 Å². The van der Waals surface area contributed by atoms with Crippen molar-refractivity contribution in [2.75, 3.05) is 6.61 Å². The lowest BCUT2D eigenvalue weighted by atomic mass is 9.93. The molecular formula is C27H37N3O2. The van der Waals surface area contributed by atoms with Gasteiger partial charge >= 0.3 is 6.09 Å². The first kappa shape index (κ1) is 23.8. The molecule has 5 nitrogen and oxygen atoms in total. The highest BCUT2D eigenvalue weighted by molar-refractivity contribution is 5.87. The highest BCUT2D eigenvalue weighted by Gasteiger charge is 2.17. The van der Waals surface area contributed by atoms with Gasteiger partial charge in [-0.3, -0.25) is 4.98 Å². The zero-order valence-corrected chi connectivity index (χ0v) is 20.1. The van der Waals surface area contributed by atoms with Crippen LogP contribution in [0.5, 0.6) is 0 Å². The maximum atomic E-state index is 12.0. The molecule has 1 aromatic carbocycles.